The van der Waals surface area contributed by atoms with Gasteiger partial charge in [0.25, 0.3) is 0 Å². The van der Waals surface area contributed by atoms with Crippen LogP contribution in [0.2, 0.25) is 0 Å². The summed E-state index contributed by atoms with van der Waals surface area (Å²) >= 11 is 0. The summed E-state index contributed by atoms with van der Waals surface area (Å²) in [6.07, 6.45) is 6.90. The van der Waals surface area contributed by atoms with E-state index in [2.05, 4.69) is 4.98 Å². The molecule has 1 amide bonds. The number of hydrogen-bond acceptors (Lipinski definition) is 4. The quantitative estimate of drug-likeness (QED) is 0.920. The molecule has 0 radical (unpaired) electrons. The smallest absolute Gasteiger partial charge is 0.229 e. The van der Waals surface area contributed by atoms with Crippen LogP contribution in [0.15, 0.2) is 47.3 Å². The third kappa shape index (κ3) is 3.36. The molecule has 2 atom stereocenters. The molecule has 1 aliphatic rings. The summed E-state index contributed by atoms with van der Waals surface area (Å²) in [6, 6.07) is 7.47. The van der Waals surface area contributed by atoms with Gasteiger partial charge in [-0.2, -0.15) is 0 Å². The Morgan fingerprint density at radius 1 is 1.32 bits per heavy atom. The molecular formula is C17H20N2O3. The van der Waals surface area contributed by atoms with E-state index in [-0.39, 0.29) is 11.8 Å². The summed E-state index contributed by atoms with van der Waals surface area (Å²) in [4.78, 5) is 18.6. The van der Waals surface area contributed by atoms with Gasteiger partial charge in [-0.15, -0.1) is 0 Å². The standard InChI is InChI=1S/C17H20N2O3/c20-16-7-1-6-15(16)17(21)19(12-14-5-3-9-22-14)11-13-4-2-8-18-10-13/h2-5,8-10,15-16,20H,1,6-7,11-12H2. The Morgan fingerprint density at radius 2 is 2.23 bits per heavy atom. The van der Waals surface area contributed by atoms with E-state index in [1.54, 1.807) is 23.6 Å². The molecule has 5 nitrogen and oxygen atoms in total. The predicted octanol–water partition coefficient (Wildman–Crippen LogP) is 2.36. The number of aliphatic hydroxyl groups is 1. The van der Waals surface area contributed by atoms with Gasteiger partial charge in [0.05, 0.1) is 24.8 Å². The number of nitrogens with zero attached hydrogens (tertiary/aromatic N) is 2. The van der Waals surface area contributed by atoms with Crippen LogP contribution in [-0.2, 0) is 17.9 Å². The number of furan rings is 1. The minimum atomic E-state index is -0.527. The number of aliphatic hydroxyl groups excluding tert-OH is 1. The minimum Gasteiger partial charge on any atom is -0.467 e. The second-order valence-corrected chi connectivity index (χ2v) is 5.74. The lowest BCUT2D eigenvalue weighted by Crippen LogP contribution is -2.38. The summed E-state index contributed by atoms with van der Waals surface area (Å²) < 4.78 is 5.37. The number of hydrogen-bond donors (Lipinski definition) is 1. The van der Waals surface area contributed by atoms with Crippen LogP contribution in [0.25, 0.3) is 0 Å². The van der Waals surface area contributed by atoms with Crippen molar-refractivity contribution in [3.8, 4) is 0 Å². The van der Waals surface area contributed by atoms with Gasteiger partial charge >= 0.3 is 0 Å². The zero-order valence-corrected chi connectivity index (χ0v) is 12.4. The van der Waals surface area contributed by atoms with Gasteiger partial charge in [-0.25, -0.2) is 0 Å². The Kier molecular flexibility index (Phi) is 4.53. The van der Waals surface area contributed by atoms with Gasteiger partial charge in [0, 0.05) is 18.9 Å². The average molecular weight is 300 g/mol. The van der Waals surface area contributed by atoms with E-state index in [1.165, 1.54) is 0 Å². The van der Waals surface area contributed by atoms with E-state index in [0.717, 1.165) is 24.2 Å². The number of carbonyl (C=O) groups excluding carboxylic acids is 1. The zero-order valence-electron chi connectivity index (χ0n) is 12.4. The maximum atomic E-state index is 12.8. The Bertz CT molecular complexity index is 598. The van der Waals surface area contributed by atoms with Crippen molar-refractivity contribution in [2.75, 3.05) is 0 Å². The Hall–Kier alpha value is -2.14. The fourth-order valence-corrected chi connectivity index (χ4v) is 2.98. The highest BCUT2D eigenvalue weighted by Crippen LogP contribution is 2.28. The molecule has 2 aromatic rings. The van der Waals surface area contributed by atoms with E-state index < -0.39 is 6.10 Å². The van der Waals surface area contributed by atoms with Crippen molar-refractivity contribution in [2.24, 2.45) is 5.92 Å². The van der Waals surface area contributed by atoms with E-state index in [1.807, 2.05) is 24.3 Å². The lowest BCUT2D eigenvalue weighted by molar-refractivity contribution is -0.139. The summed E-state index contributed by atoms with van der Waals surface area (Å²) in [5.41, 5.74) is 0.967. The fraction of sp³-hybridized carbons (Fsp3) is 0.412. The lowest BCUT2D eigenvalue weighted by atomic mass is 10.0. The fourth-order valence-electron chi connectivity index (χ4n) is 2.98. The molecule has 0 aromatic carbocycles. The summed E-state index contributed by atoms with van der Waals surface area (Å²) in [7, 11) is 0. The highest BCUT2D eigenvalue weighted by molar-refractivity contribution is 5.79. The Labute approximate surface area is 129 Å². The topological polar surface area (TPSA) is 66.6 Å². The van der Waals surface area contributed by atoms with Crippen molar-refractivity contribution in [3.63, 3.8) is 0 Å². The van der Waals surface area contributed by atoms with Crippen LogP contribution >= 0.6 is 0 Å². The van der Waals surface area contributed by atoms with Crippen molar-refractivity contribution in [1.29, 1.82) is 0 Å². The monoisotopic (exact) mass is 300 g/mol. The maximum absolute atomic E-state index is 12.8. The number of rotatable bonds is 5. The second-order valence-electron chi connectivity index (χ2n) is 5.74. The molecule has 22 heavy (non-hydrogen) atoms. The lowest BCUT2D eigenvalue weighted by Gasteiger charge is -2.26. The Balaban J connectivity index is 1.77. The average Bonchev–Trinajstić information content (AvgIpc) is 3.18. The first-order valence-corrected chi connectivity index (χ1v) is 7.62. The van der Waals surface area contributed by atoms with Gasteiger partial charge < -0.3 is 14.4 Å². The molecule has 1 saturated carbocycles. The molecule has 1 aliphatic carbocycles. The molecule has 0 bridgehead atoms. The van der Waals surface area contributed by atoms with Gasteiger partial charge in [0.15, 0.2) is 0 Å². The molecule has 2 heterocycles. The van der Waals surface area contributed by atoms with E-state index >= 15 is 0 Å². The second kappa shape index (κ2) is 6.75. The van der Waals surface area contributed by atoms with Crippen LogP contribution in [0.4, 0.5) is 0 Å². The largest absolute Gasteiger partial charge is 0.467 e. The van der Waals surface area contributed by atoms with Crippen LogP contribution in [0.1, 0.15) is 30.6 Å². The SMILES string of the molecule is O=C(C1CCCC1O)N(Cc1cccnc1)Cc1ccco1. The molecule has 2 aromatic heterocycles. The normalized spacial score (nSPS) is 21.0. The van der Waals surface area contributed by atoms with Gasteiger partial charge in [0.1, 0.15) is 5.76 Å². The first-order chi connectivity index (χ1) is 10.7. The van der Waals surface area contributed by atoms with Crippen molar-refractivity contribution in [2.45, 2.75) is 38.5 Å². The molecular weight excluding hydrogens is 280 g/mol. The highest BCUT2D eigenvalue weighted by Gasteiger charge is 2.34. The number of pyridine rings is 1. The molecule has 5 heteroatoms. The van der Waals surface area contributed by atoms with Crippen LogP contribution < -0.4 is 0 Å². The van der Waals surface area contributed by atoms with E-state index in [9.17, 15) is 9.90 Å². The third-order valence-electron chi connectivity index (χ3n) is 4.13. The number of amides is 1. The van der Waals surface area contributed by atoms with Crippen LogP contribution in [0, 0.1) is 5.92 Å². The van der Waals surface area contributed by atoms with Crippen molar-refractivity contribution < 1.29 is 14.3 Å². The highest BCUT2D eigenvalue weighted by atomic mass is 16.3. The van der Waals surface area contributed by atoms with Gasteiger partial charge in [-0.3, -0.25) is 9.78 Å². The first-order valence-electron chi connectivity index (χ1n) is 7.62. The van der Waals surface area contributed by atoms with Crippen LogP contribution in [-0.4, -0.2) is 27.0 Å². The van der Waals surface area contributed by atoms with Crippen molar-refractivity contribution >= 4 is 5.91 Å². The van der Waals surface area contributed by atoms with E-state index in [4.69, 9.17) is 4.42 Å². The molecule has 0 spiro atoms. The number of carbonyl (C=O) groups is 1. The van der Waals surface area contributed by atoms with Crippen LogP contribution in [0.5, 0.6) is 0 Å². The summed E-state index contributed by atoms with van der Waals surface area (Å²) in [5.74, 6) is 0.432. The molecule has 0 saturated heterocycles. The van der Waals surface area contributed by atoms with E-state index in [0.29, 0.717) is 19.5 Å². The van der Waals surface area contributed by atoms with Gasteiger partial charge in [0.2, 0.25) is 5.91 Å². The minimum absolute atomic E-state index is 0.00902. The number of aromatic nitrogens is 1. The molecule has 1 fully saturated rings. The molecule has 2 unspecified atom stereocenters. The Morgan fingerprint density at radius 3 is 2.86 bits per heavy atom. The molecule has 0 aliphatic heterocycles. The van der Waals surface area contributed by atoms with Crippen molar-refractivity contribution in [3.05, 3.63) is 54.2 Å². The third-order valence-corrected chi connectivity index (χ3v) is 4.13. The van der Waals surface area contributed by atoms with Crippen LogP contribution in [0.3, 0.4) is 0 Å². The molecule has 116 valence electrons. The molecule has 1 N–H and O–H groups in total. The van der Waals surface area contributed by atoms with Crippen molar-refractivity contribution in [1.82, 2.24) is 9.88 Å². The molecule has 3 rings (SSSR count). The maximum Gasteiger partial charge on any atom is 0.229 e. The summed E-state index contributed by atoms with van der Waals surface area (Å²) in [5, 5.41) is 10.0. The first kappa shape index (κ1) is 14.8. The predicted molar refractivity (Wildman–Crippen MR) is 80.5 cm³/mol. The zero-order chi connectivity index (χ0) is 15.4. The van der Waals surface area contributed by atoms with Gasteiger partial charge in [-0.05, 0) is 43.0 Å². The van der Waals surface area contributed by atoms with Gasteiger partial charge in [-0.1, -0.05) is 6.07 Å². The summed E-state index contributed by atoms with van der Waals surface area (Å²) in [6.45, 7) is 0.876.